The number of esters is 2. The molecule has 1 aliphatic carbocycles. The average molecular weight is 535 g/mol. The number of carbonyl (C=O) groups excluding carboxylic acids is 2. The molecule has 7 nitrogen and oxygen atoms in total. The van der Waals surface area contributed by atoms with Gasteiger partial charge in [-0.25, -0.2) is 4.79 Å². The number of nitrogens with two attached hydrogens (primary N) is 2. The molecular weight excluding hydrogens is 492 g/mol. The first-order chi connectivity index (χ1) is 18.9. The number of rotatable bonds is 14. The van der Waals surface area contributed by atoms with E-state index < -0.39 is 5.97 Å². The molecule has 0 aliphatic heterocycles. The number of hydrogen-bond donors (Lipinski definition) is 2. The highest BCUT2D eigenvalue weighted by atomic mass is 16.5. The molecule has 1 unspecified atom stereocenters. The van der Waals surface area contributed by atoms with Gasteiger partial charge in [0, 0.05) is 23.4 Å². The fraction of sp³-hybridized carbons (Fsp3) is 0.438. The maximum absolute atomic E-state index is 12.6. The predicted molar refractivity (Wildman–Crippen MR) is 156 cm³/mol. The Labute approximate surface area is 232 Å². The van der Waals surface area contributed by atoms with Gasteiger partial charge < -0.3 is 25.7 Å². The minimum absolute atomic E-state index is 0.0295. The first-order valence-electron chi connectivity index (χ1n) is 13.9. The number of nitrogen functional groups attached to an aromatic ring is 2. The van der Waals surface area contributed by atoms with Gasteiger partial charge in [0.2, 0.25) is 0 Å². The van der Waals surface area contributed by atoms with E-state index in [0.29, 0.717) is 23.7 Å². The van der Waals surface area contributed by atoms with E-state index in [0.717, 1.165) is 62.5 Å². The summed E-state index contributed by atoms with van der Waals surface area (Å²) in [6.07, 6.45) is 12.2. The largest absolute Gasteiger partial charge is 0.462 e. The topological polar surface area (TPSA) is 114 Å². The molecule has 2 aromatic rings. The molecule has 1 saturated carbocycles. The Bertz CT molecular complexity index is 1080. The molecule has 7 heteroatoms. The second kappa shape index (κ2) is 15.7. The van der Waals surface area contributed by atoms with Crippen molar-refractivity contribution in [1.82, 2.24) is 0 Å². The Kier molecular flexibility index (Phi) is 12.1. The molecule has 39 heavy (non-hydrogen) atoms. The molecule has 0 saturated heterocycles. The highest BCUT2D eigenvalue weighted by Crippen LogP contribution is 2.29. The minimum Gasteiger partial charge on any atom is -0.462 e. The van der Waals surface area contributed by atoms with Gasteiger partial charge in [-0.3, -0.25) is 4.79 Å². The summed E-state index contributed by atoms with van der Waals surface area (Å²) in [5.41, 5.74) is 14.9. The van der Waals surface area contributed by atoms with Crippen molar-refractivity contribution >= 4 is 29.4 Å². The third-order valence-corrected chi connectivity index (χ3v) is 7.00. The number of benzene rings is 2. The van der Waals surface area contributed by atoms with Crippen LogP contribution in [-0.4, -0.2) is 31.3 Å². The van der Waals surface area contributed by atoms with Crippen LogP contribution < -0.4 is 16.2 Å². The molecule has 1 aliphatic rings. The van der Waals surface area contributed by atoms with E-state index in [1.54, 1.807) is 36.4 Å². The monoisotopic (exact) mass is 534 g/mol. The molecule has 210 valence electrons. The number of ether oxygens (including phenoxy) is 3. The van der Waals surface area contributed by atoms with E-state index in [4.69, 9.17) is 25.7 Å². The molecule has 0 amide bonds. The van der Waals surface area contributed by atoms with Crippen LogP contribution in [0.25, 0.3) is 6.08 Å². The summed E-state index contributed by atoms with van der Waals surface area (Å²) >= 11 is 0. The van der Waals surface area contributed by atoms with Crippen molar-refractivity contribution in [3.63, 3.8) is 0 Å². The van der Waals surface area contributed by atoms with Crippen LogP contribution in [0.3, 0.4) is 0 Å². The minimum atomic E-state index is -0.423. The standard InChI is InChI=1S/C32H42N2O5/c1-3-5-7-25(26-19-27(33)21-28(34)20-26)22-38-31(35)17-10-23-8-13-30(14-9-23)39-32(36)24-11-15-29(16-12-24)37-18-6-4-2/h4,8-10,13-14,17,19-21,24-25,29H,2-3,5-7,11-12,15-16,18,22,33-34H2,1H3/b17-10+. The fourth-order valence-corrected chi connectivity index (χ4v) is 4.76. The zero-order valence-electron chi connectivity index (χ0n) is 23.0. The van der Waals surface area contributed by atoms with Crippen LogP contribution in [-0.2, 0) is 19.1 Å². The van der Waals surface area contributed by atoms with E-state index >= 15 is 0 Å². The first kappa shape index (κ1) is 30.0. The Morgan fingerprint density at radius 1 is 1.05 bits per heavy atom. The molecule has 0 aromatic heterocycles. The van der Waals surface area contributed by atoms with Crippen molar-refractivity contribution in [3.8, 4) is 5.75 Å². The lowest BCUT2D eigenvalue weighted by molar-refractivity contribution is -0.141. The van der Waals surface area contributed by atoms with E-state index in [-0.39, 0.29) is 30.5 Å². The summed E-state index contributed by atoms with van der Waals surface area (Å²) in [4.78, 5) is 25.0. The Morgan fingerprint density at radius 3 is 2.38 bits per heavy atom. The highest BCUT2D eigenvalue weighted by molar-refractivity contribution is 5.87. The lowest BCUT2D eigenvalue weighted by Gasteiger charge is -2.27. The quantitative estimate of drug-likeness (QED) is 0.0716. The van der Waals surface area contributed by atoms with Gasteiger partial charge in [-0.05, 0) is 86.1 Å². The Morgan fingerprint density at radius 2 is 1.74 bits per heavy atom. The van der Waals surface area contributed by atoms with Gasteiger partial charge in [-0.2, -0.15) is 0 Å². The summed E-state index contributed by atoms with van der Waals surface area (Å²) in [5.74, 6) is -0.214. The Hall–Kier alpha value is -3.58. The number of carbonyl (C=O) groups is 2. The van der Waals surface area contributed by atoms with Crippen molar-refractivity contribution in [2.75, 3.05) is 24.7 Å². The first-order valence-corrected chi connectivity index (χ1v) is 13.9. The van der Waals surface area contributed by atoms with Crippen molar-refractivity contribution in [2.45, 2.75) is 70.3 Å². The van der Waals surface area contributed by atoms with E-state index in [2.05, 4.69) is 13.5 Å². The van der Waals surface area contributed by atoms with Crippen LogP contribution in [0.2, 0.25) is 0 Å². The predicted octanol–water partition coefficient (Wildman–Crippen LogP) is 6.44. The van der Waals surface area contributed by atoms with Crippen LogP contribution in [0.5, 0.6) is 5.75 Å². The molecule has 1 atom stereocenters. The summed E-state index contributed by atoms with van der Waals surface area (Å²) < 4.78 is 17.0. The van der Waals surface area contributed by atoms with Crippen LogP contribution >= 0.6 is 0 Å². The fourth-order valence-electron chi connectivity index (χ4n) is 4.76. The van der Waals surface area contributed by atoms with Crippen LogP contribution in [0, 0.1) is 5.92 Å². The lowest BCUT2D eigenvalue weighted by atomic mass is 9.87. The van der Waals surface area contributed by atoms with Gasteiger partial charge in [0.25, 0.3) is 0 Å². The number of anilines is 2. The summed E-state index contributed by atoms with van der Waals surface area (Å²) in [6, 6.07) is 12.6. The third-order valence-electron chi connectivity index (χ3n) is 7.00. The zero-order chi connectivity index (χ0) is 28.0. The smallest absolute Gasteiger partial charge is 0.330 e. The molecule has 2 aromatic carbocycles. The molecule has 1 fully saturated rings. The van der Waals surface area contributed by atoms with Gasteiger partial charge in [0.1, 0.15) is 5.75 Å². The second-order valence-electron chi connectivity index (χ2n) is 10.1. The zero-order valence-corrected chi connectivity index (χ0v) is 23.0. The molecule has 0 heterocycles. The molecular formula is C32H42N2O5. The van der Waals surface area contributed by atoms with Crippen molar-refractivity contribution in [2.24, 2.45) is 5.92 Å². The number of hydrogen-bond acceptors (Lipinski definition) is 7. The molecule has 0 radical (unpaired) electrons. The normalized spacial score (nSPS) is 18.0. The van der Waals surface area contributed by atoms with Crippen LogP contribution in [0.1, 0.15) is 75.3 Å². The van der Waals surface area contributed by atoms with Gasteiger partial charge >= 0.3 is 11.9 Å². The van der Waals surface area contributed by atoms with E-state index in [1.807, 2.05) is 18.2 Å². The van der Waals surface area contributed by atoms with E-state index in [9.17, 15) is 9.59 Å². The highest BCUT2D eigenvalue weighted by Gasteiger charge is 2.28. The van der Waals surface area contributed by atoms with Crippen molar-refractivity contribution < 1.29 is 23.8 Å². The third kappa shape index (κ3) is 10.2. The van der Waals surface area contributed by atoms with Crippen LogP contribution in [0.4, 0.5) is 11.4 Å². The maximum Gasteiger partial charge on any atom is 0.330 e. The molecule has 0 bridgehead atoms. The SMILES string of the molecule is C=CCCOC1CCC(C(=O)Oc2ccc(/C=C/C(=O)OCC(CCCC)c3cc(N)cc(N)c3)cc2)CC1. The second-order valence-corrected chi connectivity index (χ2v) is 10.1. The lowest BCUT2D eigenvalue weighted by Crippen LogP contribution is -2.29. The van der Waals surface area contributed by atoms with Gasteiger partial charge in [0.05, 0.1) is 25.2 Å². The summed E-state index contributed by atoms with van der Waals surface area (Å²) in [5, 5.41) is 0. The summed E-state index contributed by atoms with van der Waals surface area (Å²) in [7, 11) is 0. The van der Waals surface area contributed by atoms with Crippen molar-refractivity contribution in [1.29, 1.82) is 0 Å². The van der Waals surface area contributed by atoms with E-state index in [1.165, 1.54) is 6.08 Å². The number of unbranched alkanes of at least 4 members (excludes halogenated alkanes) is 1. The molecule has 4 N–H and O–H groups in total. The molecule has 0 spiro atoms. The van der Waals surface area contributed by atoms with Gasteiger partial charge in [-0.15, -0.1) is 6.58 Å². The Balaban J connectivity index is 1.46. The maximum atomic E-state index is 12.6. The van der Waals surface area contributed by atoms with Crippen molar-refractivity contribution in [3.05, 3.63) is 72.3 Å². The van der Waals surface area contributed by atoms with Gasteiger partial charge in [-0.1, -0.05) is 38.0 Å². The van der Waals surface area contributed by atoms with Gasteiger partial charge in [0.15, 0.2) is 0 Å². The average Bonchev–Trinajstić information content (AvgIpc) is 2.92. The van der Waals surface area contributed by atoms with Crippen LogP contribution in [0.15, 0.2) is 61.2 Å². The summed E-state index contributed by atoms with van der Waals surface area (Å²) in [6.45, 7) is 6.76. The molecule has 3 rings (SSSR count).